The van der Waals surface area contributed by atoms with Crippen LogP contribution in [0.4, 0.5) is 0 Å². The third-order valence-corrected chi connectivity index (χ3v) is 2.56. The van der Waals surface area contributed by atoms with Gasteiger partial charge in [-0.1, -0.05) is 38.4 Å². The largest absolute Gasteiger partial charge is 0.478 e. The van der Waals surface area contributed by atoms with Crippen molar-refractivity contribution in [2.45, 2.75) is 6.42 Å². The fourth-order valence-electron chi connectivity index (χ4n) is 1.04. The molecule has 0 aliphatic heterocycles. The maximum atomic E-state index is 10.6. The topological polar surface area (TPSA) is 37.3 Å². The van der Waals surface area contributed by atoms with Crippen LogP contribution in [0.5, 0.6) is 0 Å². The van der Waals surface area contributed by atoms with Crippen LogP contribution in [-0.4, -0.2) is 11.1 Å². The molecule has 0 unspecified atom stereocenters. The molecule has 1 rings (SSSR count). The molecule has 0 aromatic heterocycles. The minimum absolute atomic E-state index is 0.190. The normalized spacial score (nSPS) is 9.86. The van der Waals surface area contributed by atoms with E-state index in [1.807, 2.05) is 18.2 Å². The van der Waals surface area contributed by atoms with Crippen molar-refractivity contribution in [1.82, 2.24) is 0 Å². The summed E-state index contributed by atoms with van der Waals surface area (Å²) < 4.78 is 1.83. The summed E-state index contributed by atoms with van der Waals surface area (Å²) >= 11 is 6.67. The number of benzene rings is 1. The average Bonchev–Trinajstić information content (AvgIpc) is 2.01. The van der Waals surface area contributed by atoms with E-state index in [0.29, 0.717) is 6.42 Å². The smallest absolute Gasteiger partial charge is 0.331 e. The number of carbonyl (C=O) groups is 1. The van der Waals surface area contributed by atoms with E-state index in [4.69, 9.17) is 5.11 Å². The number of halogens is 2. The molecule has 0 heterocycles. The summed E-state index contributed by atoms with van der Waals surface area (Å²) in [4.78, 5) is 10.6. The van der Waals surface area contributed by atoms with Gasteiger partial charge in [0.1, 0.15) is 0 Å². The first-order valence-electron chi connectivity index (χ1n) is 3.85. The monoisotopic (exact) mass is 318 g/mol. The van der Waals surface area contributed by atoms with Crippen molar-refractivity contribution in [3.8, 4) is 0 Å². The lowest BCUT2D eigenvalue weighted by atomic mass is 10.1. The Morgan fingerprint density at radius 2 is 1.79 bits per heavy atom. The summed E-state index contributed by atoms with van der Waals surface area (Å²) in [5.41, 5.74) is 1.11. The van der Waals surface area contributed by atoms with Gasteiger partial charge in [0.15, 0.2) is 0 Å². The lowest BCUT2D eigenvalue weighted by Crippen LogP contribution is -2.02. The highest BCUT2D eigenvalue weighted by Crippen LogP contribution is 2.21. The summed E-state index contributed by atoms with van der Waals surface area (Å²) in [5.74, 6) is -0.957. The molecule has 4 heteroatoms. The highest BCUT2D eigenvalue weighted by molar-refractivity contribution is 9.11. The first kappa shape index (κ1) is 11.5. The molecular weight excluding hydrogens is 312 g/mol. The summed E-state index contributed by atoms with van der Waals surface area (Å²) in [6.07, 6.45) is 0.355. The maximum Gasteiger partial charge on any atom is 0.331 e. The van der Waals surface area contributed by atoms with E-state index in [2.05, 4.69) is 38.4 Å². The van der Waals surface area contributed by atoms with E-state index < -0.39 is 5.97 Å². The van der Waals surface area contributed by atoms with Crippen LogP contribution in [0, 0.1) is 0 Å². The molecule has 74 valence electrons. The van der Waals surface area contributed by atoms with Gasteiger partial charge >= 0.3 is 5.97 Å². The van der Waals surface area contributed by atoms with Crippen LogP contribution in [0.2, 0.25) is 0 Å². The Morgan fingerprint density at radius 3 is 2.21 bits per heavy atom. The van der Waals surface area contributed by atoms with E-state index in [0.717, 1.165) is 14.5 Å². The highest BCUT2D eigenvalue weighted by Gasteiger charge is 2.06. The second kappa shape index (κ2) is 4.75. The van der Waals surface area contributed by atoms with Crippen LogP contribution in [0.1, 0.15) is 5.56 Å². The second-order valence-corrected chi connectivity index (χ2v) is 4.69. The van der Waals surface area contributed by atoms with Gasteiger partial charge in [0.25, 0.3) is 0 Å². The number of rotatable bonds is 3. The zero-order chi connectivity index (χ0) is 10.7. The molecule has 14 heavy (non-hydrogen) atoms. The van der Waals surface area contributed by atoms with E-state index in [-0.39, 0.29) is 5.57 Å². The molecule has 0 radical (unpaired) electrons. The molecule has 0 saturated carbocycles. The first-order chi connectivity index (χ1) is 6.49. The Kier molecular flexibility index (Phi) is 3.89. The van der Waals surface area contributed by atoms with Crippen molar-refractivity contribution in [2.24, 2.45) is 0 Å². The van der Waals surface area contributed by atoms with E-state index in [1.165, 1.54) is 0 Å². The van der Waals surface area contributed by atoms with Gasteiger partial charge < -0.3 is 5.11 Å². The lowest BCUT2D eigenvalue weighted by Gasteiger charge is -2.03. The van der Waals surface area contributed by atoms with Gasteiger partial charge in [-0.3, -0.25) is 0 Å². The van der Waals surface area contributed by atoms with Crippen LogP contribution in [0.15, 0.2) is 39.3 Å². The number of hydrogen-bond acceptors (Lipinski definition) is 1. The Bertz CT molecular complexity index is 365. The minimum Gasteiger partial charge on any atom is -0.478 e. The molecule has 0 aliphatic carbocycles. The molecule has 1 N–H and O–H groups in total. The predicted octanol–water partition coefficient (Wildman–Crippen LogP) is 3.39. The van der Waals surface area contributed by atoms with Crippen molar-refractivity contribution in [2.75, 3.05) is 0 Å². The van der Waals surface area contributed by atoms with Gasteiger partial charge in [-0.25, -0.2) is 4.79 Å². The fourth-order valence-corrected chi connectivity index (χ4v) is 2.42. The number of hydrogen-bond donors (Lipinski definition) is 1. The molecule has 0 amide bonds. The van der Waals surface area contributed by atoms with E-state index in [9.17, 15) is 4.79 Å². The van der Waals surface area contributed by atoms with Crippen LogP contribution in [-0.2, 0) is 11.2 Å². The average molecular weight is 320 g/mol. The molecule has 0 spiro atoms. The Balaban J connectivity index is 2.87. The number of carboxylic acids is 1. The molecule has 0 saturated heterocycles. The SMILES string of the molecule is C=C(Cc1cc(Br)cc(Br)c1)C(=O)O. The van der Waals surface area contributed by atoms with Crippen molar-refractivity contribution in [1.29, 1.82) is 0 Å². The van der Waals surface area contributed by atoms with Crippen molar-refractivity contribution in [3.05, 3.63) is 44.9 Å². The number of carboxylic acid groups (broad SMARTS) is 1. The van der Waals surface area contributed by atoms with Crippen LogP contribution >= 0.6 is 31.9 Å². The van der Waals surface area contributed by atoms with E-state index in [1.54, 1.807) is 0 Å². The van der Waals surface area contributed by atoms with Crippen molar-refractivity contribution < 1.29 is 9.90 Å². The zero-order valence-corrected chi connectivity index (χ0v) is 10.4. The van der Waals surface area contributed by atoms with Crippen molar-refractivity contribution >= 4 is 37.8 Å². The summed E-state index contributed by atoms with van der Waals surface area (Å²) in [5, 5.41) is 8.66. The highest BCUT2D eigenvalue weighted by atomic mass is 79.9. The van der Waals surface area contributed by atoms with Crippen LogP contribution in [0.25, 0.3) is 0 Å². The summed E-state index contributed by atoms with van der Waals surface area (Å²) in [7, 11) is 0. The first-order valence-corrected chi connectivity index (χ1v) is 5.43. The summed E-state index contributed by atoms with van der Waals surface area (Å²) in [6.45, 7) is 3.48. The molecule has 0 fully saturated rings. The minimum atomic E-state index is -0.957. The molecule has 1 aromatic carbocycles. The fraction of sp³-hybridized carbons (Fsp3) is 0.100. The van der Waals surface area contributed by atoms with Gasteiger partial charge in [-0.2, -0.15) is 0 Å². The van der Waals surface area contributed by atoms with Gasteiger partial charge in [0.2, 0.25) is 0 Å². The second-order valence-electron chi connectivity index (χ2n) is 2.86. The molecule has 2 nitrogen and oxygen atoms in total. The molecule has 0 aliphatic rings. The van der Waals surface area contributed by atoms with Gasteiger partial charge in [0.05, 0.1) is 0 Å². The third-order valence-electron chi connectivity index (χ3n) is 1.64. The number of aliphatic carboxylic acids is 1. The van der Waals surface area contributed by atoms with Gasteiger partial charge in [-0.15, -0.1) is 0 Å². The van der Waals surface area contributed by atoms with Crippen LogP contribution in [0.3, 0.4) is 0 Å². The lowest BCUT2D eigenvalue weighted by molar-refractivity contribution is -0.132. The quantitative estimate of drug-likeness (QED) is 0.867. The molecule has 0 bridgehead atoms. The Morgan fingerprint density at radius 1 is 1.29 bits per heavy atom. The van der Waals surface area contributed by atoms with E-state index >= 15 is 0 Å². The molecular formula is C10H8Br2O2. The third kappa shape index (κ3) is 3.27. The molecule has 0 atom stereocenters. The van der Waals surface area contributed by atoms with Gasteiger partial charge in [0, 0.05) is 20.9 Å². The zero-order valence-electron chi connectivity index (χ0n) is 7.26. The Hall–Kier alpha value is -0.610. The van der Waals surface area contributed by atoms with Gasteiger partial charge in [-0.05, 0) is 23.8 Å². The maximum absolute atomic E-state index is 10.6. The predicted molar refractivity (Wildman–Crippen MR) is 62.3 cm³/mol. The standard InChI is InChI=1S/C10H8Br2O2/c1-6(10(13)14)2-7-3-8(11)5-9(12)4-7/h3-5H,1-2H2,(H,13,14). The van der Waals surface area contributed by atoms with Crippen LogP contribution < -0.4 is 0 Å². The van der Waals surface area contributed by atoms with Crippen molar-refractivity contribution in [3.63, 3.8) is 0 Å². The Labute approximate surface area is 98.9 Å². The summed E-state index contributed by atoms with van der Waals surface area (Å²) in [6, 6.07) is 5.64. The molecule has 1 aromatic rings.